The van der Waals surface area contributed by atoms with Crippen LogP contribution in [-0.4, -0.2) is 71.2 Å². The number of hydrogen-bond acceptors (Lipinski definition) is 8. The van der Waals surface area contributed by atoms with E-state index in [1.54, 1.807) is 12.1 Å². The highest BCUT2D eigenvalue weighted by atomic mass is 127. The molecule has 0 aliphatic carbocycles. The maximum Gasteiger partial charge on any atom is 0.277 e. The van der Waals surface area contributed by atoms with Crippen LogP contribution < -0.4 is 10.8 Å². The van der Waals surface area contributed by atoms with Gasteiger partial charge in [-0.25, -0.2) is 31.8 Å². The molecule has 0 aromatic heterocycles. The Labute approximate surface area is 327 Å². The number of carbonyl (C=O) groups is 2. The van der Waals surface area contributed by atoms with Gasteiger partial charge in [0.25, 0.3) is 5.91 Å². The van der Waals surface area contributed by atoms with Gasteiger partial charge in [0.05, 0.1) is 69.8 Å². The first-order valence-corrected chi connectivity index (χ1v) is 18.0. The summed E-state index contributed by atoms with van der Waals surface area (Å²) in [5, 5.41) is 2.43. The standard InChI is InChI=1S/C36H32F6I2N2O7/c37-27-6-4-24(26(33(27)41)17-21-1-2-22(43)18-29(21)39)32(47)20-52-14-13-50-10-9-49-11-12-51-15-16-53-46-36(48)25-5-7-28(38)34(42)35(25)45-31-8-3-23(44)19-30(31)40/h1-8,18-19,45H,9-17,20H2,(H,46,48). The number of anilines is 2. The summed E-state index contributed by atoms with van der Waals surface area (Å²) in [6, 6.07) is 12.2. The molecule has 0 bridgehead atoms. The number of halogens is 8. The minimum absolute atomic E-state index is 0.0368. The quantitative estimate of drug-likeness (QED) is 0.0289. The molecule has 0 radical (unpaired) electrons. The topological polar surface area (TPSA) is 104 Å². The van der Waals surface area contributed by atoms with E-state index < -0.39 is 58.9 Å². The SMILES string of the molecule is O=C(COCCOCCOCCOCCONC(=O)c1ccc(F)c(F)c1Nc1ccc(I)cc1F)c1ccc(F)c(F)c1Cc1ccc(I)cc1F. The highest BCUT2D eigenvalue weighted by molar-refractivity contribution is 14.1. The van der Waals surface area contributed by atoms with E-state index in [2.05, 4.69) is 10.8 Å². The Kier molecular flexibility index (Phi) is 17.2. The molecule has 0 atom stereocenters. The molecule has 0 saturated carbocycles. The second-order valence-corrected chi connectivity index (χ2v) is 13.4. The van der Waals surface area contributed by atoms with Crippen molar-refractivity contribution in [2.75, 3.05) is 64.8 Å². The Morgan fingerprint density at radius 1 is 0.585 bits per heavy atom. The number of nitrogens with one attached hydrogen (secondary N) is 2. The van der Waals surface area contributed by atoms with E-state index in [9.17, 15) is 35.9 Å². The van der Waals surface area contributed by atoms with E-state index in [1.807, 2.05) is 45.2 Å². The van der Waals surface area contributed by atoms with Crippen LogP contribution in [0.2, 0.25) is 0 Å². The number of Topliss-reactive ketones (excluding diaryl/α,β-unsaturated/α-hetero) is 1. The molecule has 17 heteroatoms. The lowest BCUT2D eigenvalue weighted by molar-refractivity contribution is -0.0231. The lowest BCUT2D eigenvalue weighted by atomic mass is 9.96. The molecule has 4 rings (SSSR count). The van der Waals surface area contributed by atoms with Crippen LogP contribution in [0.1, 0.15) is 31.8 Å². The van der Waals surface area contributed by atoms with Crippen molar-refractivity contribution in [1.82, 2.24) is 5.48 Å². The van der Waals surface area contributed by atoms with Crippen molar-refractivity contribution >= 4 is 68.2 Å². The largest absolute Gasteiger partial charge is 0.377 e. The van der Waals surface area contributed by atoms with Gasteiger partial charge < -0.3 is 24.3 Å². The Morgan fingerprint density at radius 3 is 1.75 bits per heavy atom. The summed E-state index contributed by atoms with van der Waals surface area (Å²) in [6.07, 6.45) is -0.311. The highest BCUT2D eigenvalue weighted by Crippen LogP contribution is 2.29. The molecule has 4 aromatic rings. The molecule has 284 valence electrons. The van der Waals surface area contributed by atoms with Gasteiger partial charge in [0, 0.05) is 24.7 Å². The zero-order chi connectivity index (χ0) is 38.3. The van der Waals surface area contributed by atoms with E-state index in [1.165, 1.54) is 24.3 Å². The molecule has 0 aliphatic rings. The van der Waals surface area contributed by atoms with Crippen molar-refractivity contribution in [1.29, 1.82) is 0 Å². The molecule has 0 fully saturated rings. The number of ether oxygens (including phenoxy) is 4. The molecule has 2 N–H and O–H groups in total. The monoisotopic (exact) mass is 972 g/mol. The van der Waals surface area contributed by atoms with Crippen molar-refractivity contribution in [3.8, 4) is 0 Å². The van der Waals surface area contributed by atoms with Crippen LogP contribution >= 0.6 is 45.2 Å². The van der Waals surface area contributed by atoms with E-state index in [-0.39, 0.29) is 87.2 Å². The van der Waals surface area contributed by atoms with Crippen LogP contribution in [0.15, 0.2) is 60.7 Å². The number of amides is 1. The van der Waals surface area contributed by atoms with Crippen LogP contribution in [0.3, 0.4) is 0 Å². The summed E-state index contributed by atoms with van der Waals surface area (Å²) < 4.78 is 108. The van der Waals surface area contributed by atoms with Crippen molar-refractivity contribution in [2.24, 2.45) is 0 Å². The fraction of sp³-hybridized carbons (Fsp3) is 0.278. The molecule has 0 heterocycles. The number of ketones is 1. The molecule has 4 aromatic carbocycles. The van der Waals surface area contributed by atoms with Crippen molar-refractivity contribution in [3.63, 3.8) is 0 Å². The van der Waals surface area contributed by atoms with Gasteiger partial charge in [-0.3, -0.25) is 14.4 Å². The van der Waals surface area contributed by atoms with Crippen LogP contribution in [0.25, 0.3) is 0 Å². The first-order chi connectivity index (χ1) is 25.5. The summed E-state index contributed by atoms with van der Waals surface area (Å²) in [4.78, 5) is 30.4. The molecular formula is C36H32F6I2N2O7. The fourth-order valence-electron chi connectivity index (χ4n) is 4.64. The van der Waals surface area contributed by atoms with Gasteiger partial charge >= 0.3 is 0 Å². The van der Waals surface area contributed by atoms with Gasteiger partial charge in [0.15, 0.2) is 29.1 Å². The zero-order valence-electron chi connectivity index (χ0n) is 27.7. The van der Waals surface area contributed by atoms with Crippen LogP contribution in [0.5, 0.6) is 0 Å². The van der Waals surface area contributed by atoms with Gasteiger partial charge in [-0.15, -0.1) is 0 Å². The second kappa shape index (κ2) is 21.5. The maximum atomic E-state index is 14.6. The van der Waals surface area contributed by atoms with Crippen molar-refractivity contribution in [3.05, 3.63) is 125 Å². The zero-order valence-corrected chi connectivity index (χ0v) is 32.0. The van der Waals surface area contributed by atoms with Crippen LogP contribution in [-0.2, 0) is 30.2 Å². The minimum atomic E-state index is -1.37. The smallest absolute Gasteiger partial charge is 0.277 e. The summed E-state index contributed by atoms with van der Waals surface area (Å²) in [6.45, 7) is 0.535. The van der Waals surface area contributed by atoms with Crippen molar-refractivity contribution in [2.45, 2.75) is 6.42 Å². The summed E-state index contributed by atoms with van der Waals surface area (Å²) in [5.41, 5.74) is 0.837. The summed E-state index contributed by atoms with van der Waals surface area (Å²) in [7, 11) is 0. The Morgan fingerprint density at radius 2 is 1.13 bits per heavy atom. The molecule has 0 saturated heterocycles. The minimum Gasteiger partial charge on any atom is -0.377 e. The molecule has 0 unspecified atom stereocenters. The lowest BCUT2D eigenvalue weighted by Gasteiger charge is -2.14. The average molecular weight is 972 g/mol. The van der Waals surface area contributed by atoms with Gasteiger partial charge in [-0.1, -0.05) is 6.07 Å². The lowest BCUT2D eigenvalue weighted by Crippen LogP contribution is -2.27. The second-order valence-electron chi connectivity index (χ2n) is 10.9. The average Bonchev–Trinajstić information content (AvgIpc) is 3.12. The fourth-order valence-corrected chi connectivity index (χ4v) is 5.55. The van der Waals surface area contributed by atoms with E-state index in [0.29, 0.717) is 7.14 Å². The maximum absolute atomic E-state index is 14.6. The predicted octanol–water partition coefficient (Wildman–Crippen LogP) is 7.68. The number of rotatable bonds is 21. The third-order valence-electron chi connectivity index (χ3n) is 7.25. The molecule has 0 aliphatic heterocycles. The normalized spacial score (nSPS) is 11.2. The molecule has 1 amide bonds. The predicted molar refractivity (Wildman–Crippen MR) is 198 cm³/mol. The third-order valence-corrected chi connectivity index (χ3v) is 8.59. The third kappa shape index (κ3) is 12.9. The summed E-state index contributed by atoms with van der Waals surface area (Å²) >= 11 is 3.82. The Bertz CT molecular complexity index is 1760. The summed E-state index contributed by atoms with van der Waals surface area (Å²) in [5.74, 6) is -7.77. The van der Waals surface area contributed by atoms with Gasteiger partial charge in [-0.05, 0) is 105 Å². The molecular weight excluding hydrogens is 940 g/mol. The first kappa shape index (κ1) is 42.4. The van der Waals surface area contributed by atoms with E-state index >= 15 is 0 Å². The highest BCUT2D eigenvalue weighted by Gasteiger charge is 2.22. The molecule has 53 heavy (non-hydrogen) atoms. The Balaban J connectivity index is 1.05. The number of hydroxylamine groups is 1. The Hall–Kier alpha value is -3.34. The van der Waals surface area contributed by atoms with Crippen LogP contribution in [0, 0.1) is 42.0 Å². The number of carbonyl (C=O) groups excluding carboxylic acids is 2. The van der Waals surface area contributed by atoms with Gasteiger partial charge in [-0.2, -0.15) is 0 Å². The van der Waals surface area contributed by atoms with Gasteiger partial charge in [0.2, 0.25) is 0 Å². The molecule has 0 spiro atoms. The van der Waals surface area contributed by atoms with E-state index in [4.69, 9.17) is 23.8 Å². The van der Waals surface area contributed by atoms with Crippen LogP contribution in [0.4, 0.5) is 37.7 Å². The van der Waals surface area contributed by atoms with Crippen molar-refractivity contribution < 1.29 is 59.7 Å². The first-order valence-electron chi connectivity index (χ1n) is 15.8. The number of hydrogen-bond donors (Lipinski definition) is 2. The van der Waals surface area contributed by atoms with Gasteiger partial charge in [0.1, 0.15) is 18.2 Å². The number of benzene rings is 4. The van der Waals surface area contributed by atoms with E-state index in [0.717, 1.165) is 24.3 Å². The molecule has 9 nitrogen and oxygen atoms in total.